The van der Waals surface area contributed by atoms with E-state index in [0.717, 1.165) is 38.6 Å². The summed E-state index contributed by atoms with van der Waals surface area (Å²) in [6.07, 6.45) is 5.30. The molecule has 5 heteroatoms. The van der Waals surface area contributed by atoms with Crippen molar-refractivity contribution in [2.45, 2.75) is 57.0 Å². The van der Waals surface area contributed by atoms with Crippen molar-refractivity contribution >= 4 is 11.9 Å². The zero-order valence-corrected chi connectivity index (χ0v) is 14.3. The number of urea groups is 1. The predicted molar refractivity (Wildman–Crippen MR) is 93.8 cm³/mol. The maximum atomic E-state index is 12.2. The van der Waals surface area contributed by atoms with Crippen molar-refractivity contribution in [2.75, 3.05) is 13.1 Å². The van der Waals surface area contributed by atoms with Crippen LogP contribution in [0.3, 0.4) is 0 Å². The van der Waals surface area contributed by atoms with E-state index in [4.69, 9.17) is 0 Å². The minimum Gasteiger partial charge on any atom is -0.335 e. The number of likely N-dealkylation sites (tertiary alicyclic amines) is 1. The number of nitrogens with one attached hydrogen (secondary N) is 2. The summed E-state index contributed by atoms with van der Waals surface area (Å²) in [4.78, 5) is 26.1. The molecule has 2 aliphatic rings. The van der Waals surface area contributed by atoms with Crippen LogP contribution in [0.1, 0.15) is 50.5 Å². The molecule has 3 amide bonds. The number of nitrogens with zero attached hydrogens (tertiary/aromatic N) is 1. The van der Waals surface area contributed by atoms with Gasteiger partial charge in [-0.25, -0.2) is 4.79 Å². The molecule has 5 nitrogen and oxygen atoms in total. The van der Waals surface area contributed by atoms with Gasteiger partial charge in [0.05, 0.1) is 6.54 Å². The molecule has 3 rings (SSSR count). The quantitative estimate of drug-likeness (QED) is 0.843. The Morgan fingerprint density at radius 3 is 2.62 bits per heavy atom. The number of carbonyl (C=O) groups is 2. The van der Waals surface area contributed by atoms with Crippen LogP contribution in [0, 0.1) is 0 Å². The van der Waals surface area contributed by atoms with Crippen LogP contribution in [0.2, 0.25) is 0 Å². The molecule has 24 heavy (non-hydrogen) atoms. The van der Waals surface area contributed by atoms with Gasteiger partial charge in [0.2, 0.25) is 5.91 Å². The Morgan fingerprint density at radius 2 is 1.96 bits per heavy atom. The number of imide groups is 1. The van der Waals surface area contributed by atoms with Crippen LogP contribution < -0.4 is 10.6 Å². The van der Waals surface area contributed by atoms with E-state index in [1.807, 2.05) is 6.07 Å². The summed E-state index contributed by atoms with van der Waals surface area (Å²) in [6.45, 7) is 3.43. The molecule has 0 spiro atoms. The normalized spacial score (nSPS) is 22.1. The van der Waals surface area contributed by atoms with Crippen LogP contribution in [0.25, 0.3) is 0 Å². The van der Waals surface area contributed by atoms with Crippen LogP contribution in [0.15, 0.2) is 30.3 Å². The van der Waals surface area contributed by atoms with E-state index in [-0.39, 0.29) is 18.0 Å². The van der Waals surface area contributed by atoms with E-state index >= 15 is 0 Å². The molecular formula is C19H27N3O2. The number of amides is 3. The van der Waals surface area contributed by atoms with Gasteiger partial charge in [-0.2, -0.15) is 0 Å². The molecule has 1 aromatic carbocycles. The van der Waals surface area contributed by atoms with Crippen molar-refractivity contribution < 1.29 is 9.59 Å². The average molecular weight is 329 g/mol. The fourth-order valence-electron chi connectivity index (χ4n) is 3.73. The van der Waals surface area contributed by atoms with Gasteiger partial charge in [-0.3, -0.25) is 15.0 Å². The van der Waals surface area contributed by atoms with Crippen molar-refractivity contribution in [3.05, 3.63) is 35.9 Å². The van der Waals surface area contributed by atoms with Crippen LogP contribution in [0.4, 0.5) is 4.79 Å². The monoisotopic (exact) mass is 329 g/mol. The highest BCUT2D eigenvalue weighted by molar-refractivity contribution is 5.95. The number of carbonyl (C=O) groups excluding carboxylic acids is 2. The van der Waals surface area contributed by atoms with Gasteiger partial charge >= 0.3 is 6.03 Å². The molecule has 1 aliphatic heterocycles. The third-order valence-corrected chi connectivity index (χ3v) is 5.06. The Hall–Kier alpha value is -1.88. The highest BCUT2D eigenvalue weighted by atomic mass is 16.2. The maximum Gasteiger partial charge on any atom is 0.321 e. The van der Waals surface area contributed by atoms with Crippen molar-refractivity contribution in [1.82, 2.24) is 15.5 Å². The van der Waals surface area contributed by atoms with Gasteiger partial charge in [-0.1, -0.05) is 37.3 Å². The second-order valence-electron chi connectivity index (χ2n) is 6.90. The van der Waals surface area contributed by atoms with Crippen molar-refractivity contribution in [3.63, 3.8) is 0 Å². The highest BCUT2D eigenvalue weighted by Gasteiger charge is 2.33. The first kappa shape index (κ1) is 17.0. The lowest BCUT2D eigenvalue weighted by atomic mass is 9.87. The molecule has 1 aliphatic carbocycles. The predicted octanol–water partition coefficient (Wildman–Crippen LogP) is 2.63. The van der Waals surface area contributed by atoms with Crippen molar-refractivity contribution in [1.29, 1.82) is 0 Å². The minimum absolute atomic E-state index is 0.206. The van der Waals surface area contributed by atoms with E-state index < -0.39 is 0 Å². The first-order valence-electron chi connectivity index (χ1n) is 9.06. The first-order chi connectivity index (χ1) is 11.7. The Kier molecular flexibility index (Phi) is 5.51. The summed E-state index contributed by atoms with van der Waals surface area (Å²) in [7, 11) is 0. The van der Waals surface area contributed by atoms with Crippen LogP contribution >= 0.6 is 0 Å². The van der Waals surface area contributed by atoms with Crippen LogP contribution in [0.5, 0.6) is 0 Å². The zero-order valence-electron chi connectivity index (χ0n) is 14.3. The molecule has 130 valence electrons. The van der Waals surface area contributed by atoms with Crippen LogP contribution in [-0.2, 0) is 4.79 Å². The zero-order chi connectivity index (χ0) is 16.9. The second kappa shape index (κ2) is 7.79. The summed E-state index contributed by atoms with van der Waals surface area (Å²) in [5.41, 5.74) is 1.34. The fraction of sp³-hybridized carbons (Fsp3) is 0.579. The summed E-state index contributed by atoms with van der Waals surface area (Å²) in [5.74, 6) is 0.227. The van der Waals surface area contributed by atoms with Gasteiger partial charge in [0.25, 0.3) is 0 Å². The van der Waals surface area contributed by atoms with Gasteiger partial charge in [0, 0.05) is 12.1 Å². The molecule has 2 fully saturated rings. The molecule has 2 N–H and O–H groups in total. The second-order valence-corrected chi connectivity index (χ2v) is 6.90. The SMILES string of the molecule is CC[C@H](c1ccccc1)[C@@H]1CCCN1CC(=O)NC(=O)NC1CC1. The lowest BCUT2D eigenvalue weighted by Gasteiger charge is -2.31. The number of benzene rings is 1. The molecule has 1 saturated carbocycles. The molecule has 0 bridgehead atoms. The van der Waals surface area contributed by atoms with Gasteiger partial charge in [0.15, 0.2) is 0 Å². The summed E-state index contributed by atoms with van der Waals surface area (Å²) < 4.78 is 0. The number of hydrogen-bond donors (Lipinski definition) is 2. The largest absolute Gasteiger partial charge is 0.335 e. The molecule has 1 saturated heterocycles. The fourth-order valence-corrected chi connectivity index (χ4v) is 3.73. The van der Waals surface area contributed by atoms with Crippen molar-refractivity contribution in [3.8, 4) is 0 Å². The minimum atomic E-state index is -0.353. The number of hydrogen-bond acceptors (Lipinski definition) is 3. The third-order valence-electron chi connectivity index (χ3n) is 5.06. The Bertz CT molecular complexity index is 571. The van der Waals surface area contributed by atoms with E-state index in [1.165, 1.54) is 5.56 Å². The summed E-state index contributed by atoms with van der Waals surface area (Å²) in [6, 6.07) is 10.8. The molecule has 0 radical (unpaired) electrons. The standard InChI is InChI=1S/C19H27N3O2/c1-2-16(14-7-4-3-5-8-14)17-9-6-12-22(17)13-18(23)21-19(24)20-15-10-11-15/h3-5,7-8,15-17H,2,6,9-13H2,1H3,(H2,20,21,23,24)/t16-,17+/m1/s1. The van der Waals surface area contributed by atoms with E-state index in [2.05, 4.69) is 46.7 Å². The van der Waals surface area contributed by atoms with Gasteiger partial charge < -0.3 is 5.32 Å². The lowest BCUT2D eigenvalue weighted by Crippen LogP contribution is -2.47. The van der Waals surface area contributed by atoms with Gasteiger partial charge in [0.1, 0.15) is 0 Å². The number of rotatable bonds is 6. The third kappa shape index (κ3) is 4.35. The Morgan fingerprint density at radius 1 is 1.21 bits per heavy atom. The van der Waals surface area contributed by atoms with E-state index in [9.17, 15) is 9.59 Å². The summed E-state index contributed by atoms with van der Waals surface area (Å²) >= 11 is 0. The van der Waals surface area contributed by atoms with Crippen LogP contribution in [-0.4, -0.2) is 42.0 Å². The van der Waals surface area contributed by atoms with Gasteiger partial charge in [-0.05, 0) is 50.1 Å². The Balaban J connectivity index is 1.57. The van der Waals surface area contributed by atoms with Gasteiger partial charge in [-0.15, -0.1) is 0 Å². The first-order valence-corrected chi connectivity index (χ1v) is 9.06. The molecule has 2 atom stereocenters. The molecule has 1 aromatic rings. The van der Waals surface area contributed by atoms with Crippen molar-refractivity contribution in [2.24, 2.45) is 0 Å². The van der Waals surface area contributed by atoms with E-state index in [0.29, 0.717) is 18.5 Å². The average Bonchev–Trinajstić information content (AvgIpc) is 3.27. The highest BCUT2D eigenvalue weighted by Crippen LogP contribution is 2.33. The maximum absolute atomic E-state index is 12.2. The summed E-state index contributed by atoms with van der Waals surface area (Å²) in [5, 5.41) is 5.26. The molecular weight excluding hydrogens is 302 g/mol. The molecule has 1 heterocycles. The lowest BCUT2D eigenvalue weighted by molar-refractivity contribution is -0.121. The topological polar surface area (TPSA) is 61.4 Å². The molecule has 0 aromatic heterocycles. The molecule has 0 unspecified atom stereocenters. The smallest absolute Gasteiger partial charge is 0.321 e. The Labute approximate surface area is 143 Å². The van der Waals surface area contributed by atoms with E-state index in [1.54, 1.807) is 0 Å².